The van der Waals surface area contributed by atoms with Gasteiger partial charge in [0, 0.05) is 22.5 Å². The minimum atomic E-state index is -1.43. The predicted octanol–water partition coefficient (Wildman–Crippen LogP) is 4.36. The third-order valence-corrected chi connectivity index (χ3v) is 8.86. The number of carbonyl (C=O) groups excluding carboxylic acids is 1. The molecule has 1 N–H and O–H groups in total. The number of rotatable bonds is 6. The summed E-state index contributed by atoms with van der Waals surface area (Å²) in [5.74, 6) is 0.139. The van der Waals surface area contributed by atoms with Gasteiger partial charge in [-0.2, -0.15) is 0 Å². The molecule has 0 saturated heterocycles. The second-order valence-electron chi connectivity index (χ2n) is 7.67. The van der Waals surface area contributed by atoms with Gasteiger partial charge in [0.1, 0.15) is 4.75 Å². The van der Waals surface area contributed by atoms with Gasteiger partial charge >= 0.3 is 0 Å². The summed E-state index contributed by atoms with van der Waals surface area (Å²) in [7, 11) is -1.43. The first-order valence-electron chi connectivity index (χ1n) is 9.64. The number of hydrogen-bond donors (Lipinski definition) is 1. The third-order valence-electron chi connectivity index (χ3n) is 5.97. The van der Waals surface area contributed by atoms with E-state index in [4.69, 9.17) is 11.6 Å². The lowest BCUT2D eigenvalue weighted by Crippen LogP contribution is -2.59. The molecule has 2 aliphatic rings. The maximum Gasteiger partial charge on any atom is 0.241 e. The van der Waals surface area contributed by atoms with Gasteiger partial charge in [0.25, 0.3) is 0 Å². The second kappa shape index (κ2) is 7.84. The van der Waals surface area contributed by atoms with E-state index in [9.17, 15) is 9.00 Å². The lowest BCUT2D eigenvalue weighted by atomic mass is 9.90. The number of amides is 1. The minimum Gasteiger partial charge on any atom is -0.348 e. The number of allylic oxidation sites excluding steroid dienone is 2. The van der Waals surface area contributed by atoms with E-state index in [1.807, 2.05) is 73.7 Å². The standard InChI is InChI=1S/C23H24ClNO2S/c1-16(18-10-6-3-7-11-18)25-22(26)23(20-13-12-19(14-20)21(23)24)28(27)15-17-8-4-2-5-9-17/h2-13,16,19-21H,14-15H2,1H3,(H,25,26)/t16-,19+,20-,21+,23-,28+/m1/s1. The average Bonchev–Trinajstić information content (AvgIpc) is 3.30. The number of halogens is 1. The first-order valence-corrected chi connectivity index (χ1v) is 11.4. The number of nitrogens with one attached hydrogen (secondary N) is 1. The zero-order valence-corrected chi connectivity index (χ0v) is 17.3. The van der Waals surface area contributed by atoms with Crippen LogP contribution in [0.15, 0.2) is 72.8 Å². The summed E-state index contributed by atoms with van der Waals surface area (Å²) in [6.07, 6.45) is 4.91. The van der Waals surface area contributed by atoms with Crippen LogP contribution >= 0.6 is 11.6 Å². The summed E-state index contributed by atoms with van der Waals surface area (Å²) in [5.41, 5.74) is 1.98. The van der Waals surface area contributed by atoms with Crippen molar-refractivity contribution in [3.8, 4) is 0 Å². The summed E-state index contributed by atoms with van der Waals surface area (Å²) in [6, 6.07) is 19.3. The molecule has 6 atom stereocenters. The van der Waals surface area contributed by atoms with E-state index in [0.717, 1.165) is 17.5 Å². The Morgan fingerprint density at radius 3 is 2.39 bits per heavy atom. The Morgan fingerprint density at radius 2 is 1.79 bits per heavy atom. The van der Waals surface area contributed by atoms with Crippen molar-refractivity contribution in [1.82, 2.24) is 5.32 Å². The molecule has 1 amide bonds. The van der Waals surface area contributed by atoms with Gasteiger partial charge in [-0.3, -0.25) is 9.00 Å². The van der Waals surface area contributed by atoms with Crippen LogP contribution in [0, 0.1) is 11.8 Å². The van der Waals surface area contributed by atoms with Crippen molar-refractivity contribution in [1.29, 1.82) is 0 Å². The Morgan fingerprint density at radius 1 is 1.14 bits per heavy atom. The van der Waals surface area contributed by atoms with E-state index in [1.54, 1.807) is 0 Å². The molecule has 5 heteroatoms. The average molecular weight is 414 g/mol. The van der Waals surface area contributed by atoms with Crippen LogP contribution < -0.4 is 5.32 Å². The zero-order valence-electron chi connectivity index (χ0n) is 15.8. The number of carbonyl (C=O) groups is 1. The SMILES string of the molecule is C[C@@H](NC(=O)[C@@]1([S@@](=O)Cc2ccccc2)[C@@H]2C=C[C@@H](C2)[C@@H]1Cl)c1ccccc1. The Hall–Kier alpha value is -1.91. The molecule has 2 bridgehead atoms. The fraction of sp³-hybridized carbons (Fsp3) is 0.348. The van der Waals surface area contributed by atoms with Crippen LogP contribution in [-0.2, 0) is 21.3 Å². The van der Waals surface area contributed by atoms with Crippen molar-refractivity contribution in [3.05, 3.63) is 83.9 Å². The number of benzene rings is 2. The van der Waals surface area contributed by atoms with E-state index >= 15 is 0 Å². The molecule has 2 aromatic carbocycles. The Labute approximate surface area is 173 Å². The van der Waals surface area contributed by atoms with Crippen LogP contribution in [0.5, 0.6) is 0 Å². The first-order chi connectivity index (χ1) is 13.5. The van der Waals surface area contributed by atoms with E-state index in [2.05, 4.69) is 11.4 Å². The molecule has 0 unspecified atom stereocenters. The third kappa shape index (κ3) is 3.23. The molecule has 4 rings (SSSR count). The van der Waals surface area contributed by atoms with Gasteiger partial charge in [0.2, 0.25) is 5.91 Å². The Bertz CT molecular complexity index is 901. The van der Waals surface area contributed by atoms with Gasteiger partial charge in [-0.1, -0.05) is 72.8 Å². The lowest BCUT2D eigenvalue weighted by Gasteiger charge is -2.37. The molecule has 0 spiro atoms. The molecular weight excluding hydrogens is 390 g/mol. The monoisotopic (exact) mass is 413 g/mol. The van der Waals surface area contributed by atoms with Gasteiger partial charge in [0.15, 0.2) is 0 Å². The molecule has 0 aliphatic heterocycles. The van der Waals surface area contributed by atoms with Crippen LogP contribution in [0.4, 0.5) is 0 Å². The highest BCUT2D eigenvalue weighted by Crippen LogP contribution is 2.53. The summed E-state index contributed by atoms with van der Waals surface area (Å²) < 4.78 is 12.5. The zero-order chi connectivity index (χ0) is 19.7. The Balaban J connectivity index is 1.63. The van der Waals surface area contributed by atoms with E-state index in [0.29, 0.717) is 5.75 Å². The van der Waals surface area contributed by atoms with Crippen molar-refractivity contribution < 1.29 is 9.00 Å². The van der Waals surface area contributed by atoms with E-state index in [1.165, 1.54) is 0 Å². The van der Waals surface area contributed by atoms with E-state index < -0.39 is 20.9 Å². The minimum absolute atomic E-state index is 0.0903. The molecule has 3 nitrogen and oxygen atoms in total. The largest absolute Gasteiger partial charge is 0.348 e. The maximum absolute atomic E-state index is 13.6. The highest BCUT2D eigenvalue weighted by atomic mass is 35.5. The van der Waals surface area contributed by atoms with E-state index in [-0.39, 0.29) is 23.8 Å². The Kier molecular flexibility index (Phi) is 5.44. The second-order valence-corrected chi connectivity index (χ2v) is 9.79. The van der Waals surface area contributed by atoms with Gasteiger partial charge in [-0.25, -0.2) is 0 Å². The number of hydrogen-bond acceptors (Lipinski definition) is 2. The lowest BCUT2D eigenvalue weighted by molar-refractivity contribution is -0.124. The highest BCUT2D eigenvalue weighted by Gasteiger charge is 2.63. The summed E-state index contributed by atoms with van der Waals surface area (Å²) >= 11 is 6.81. The quantitative estimate of drug-likeness (QED) is 0.564. The highest BCUT2D eigenvalue weighted by molar-refractivity contribution is 7.86. The molecule has 0 heterocycles. The number of alkyl halides is 1. The molecule has 2 aromatic rings. The first kappa shape index (κ1) is 19.4. The molecule has 2 aliphatic carbocycles. The molecule has 1 saturated carbocycles. The van der Waals surface area contributed by atoms with Crippen molar-refractivity contribution in [2.24, 2.45) is 11.8 Å². The normalized spacial score (nSPS) is 30.1. The molecule has 28 heavy (non-hydrogen) atoms. The van der Waals surface area contributed by atoms with Crippen LogP contribution in [0.3, 0.4) is 0 Å². The van der Waals surface area contributed by atoms with Crippen LogP contribution in [0.25, 0.3) is 0 Å². The van der Waals surface area contributed by atoms with Crippen molar-refractivity contribution in [2.75, 3.05) is 0 Å². The van der Waals surface area contributed by atoms with Gasteiger partial charge in [-0.15, -0.1) is 11.6 Å². The maximum atomic E-state index is 13.6. The molecular formula is C23H24ClNO2S. The van der Waals surface area contributed by atoms with Crippen LogP contribution in [-0.4, -0.2) is 20.2 Å². The summed E-state index contributed by atoms with van der Waals surface area (Å²) in [4.78, 5) is 13.6. The van der Waals surface area contributed by atoms with Crippen LogP contribution in [0.1, 0.15) is 30.5 Å². The van der Waals surface area contributed by atoms with Crippen molar-refractivity contribution in [2.45, 2.75) is 35.3 Å². The molecule has 146 valence electrons. The topological polar surface area (TPSA) is 46.2 Å². The van der Waals surface area contributed by atoms with Gasteiger partial charge < -0.3 is 5.32 Å². The molecule has 0 radical (unpaired) electrons. The fourth-order valence-electron chi connectivity index (χ4n) is 4.46. The van der Waals surface area contributed by atoms with Crippen molar-refractivity contribution in [3.63, 3.8) is 0 Å². The van der Waals surface area contributed by atoms with Gasteiger partial charge in [0.05, 0.1) is 11.4 Å². The molecule has 0 aromatic heterocycles. The fourth-order valence-corrected chi connectivity index (χ4v) is 7.14. The predicted molar refractivity (Wildman–Crippen MR) is 114 cm³/mol. The molecule has 1 fully saturated rings. The van der Waals surface area contributed by atoms with Gasteiger partial charge in [-0.05, 0) is 30.4 Å². The smallest absolute Gasteiger partial charge is 0.241 e. The summed E-state index contributed by atoms with van der Waals surface area (Å²) in [6.45, 7) is 1.95. The van der Waals surface area contributed by atoms with Crippen LogP contribution in [0.2, 0.25) is 0 Å². The number of fused-ring (bicyclic) bond motifs is 2. The summed E-state index contributed by atoms with van der Waals surface area (Å²) in [5, 5.41) is 2.65. The van der Waals surface area contributed by atoms with Crippen molar-refractivity contribution >= 4 is 28.3 Å².